The van der Waals surface area contributed by atoms with E-state index in [1.54, 1.807) is 7.11 Å². The van der Waals surface area contributed by atoms with Gasteiger partial charge in [-0.05, 0) is 0 Å². The van der Waals surface area contributed by atoms with Gasteiger partial charge in [-0.25, -0.2) is 0 Å². The van der Waals surface area contributed by atoms with Crippen molar-refractivity contribution >= 4 is 0 Å². The van der Waals surface area contributed by atoms with E-state index in [9.17, 15) is 0 Å². The minimum absolute atomic E-state index is 0.199. The zero-order valence-corrected chi connectivity index (χ0v) is 9.68. The van der Waals surface area contributed by atoms with Crippen molar-refractivity contribution in [1.29, 1.82) is 2.86 Å². The molecule has 0 aliphatic rings. The lowest BCUT2D eigenvalue weighted by Gasteiger charge is -2.17. The third kappa shape index (κ3) is 10.3. The molecule has 0 amide bonds. The number of ether oxygens (including phenoxy) is 4. The number of aliphatic hydroxyl groups is 2. The standard InChI is InChI=1S/C10H22O6/c1-13-6-7-15-9-10(16-5-3-12)8-14-4-2-11/h10-12H,2-9H2,1H3/i11T,12T. The fourth-order valence-electron chi connectivity index (χ4n) is 0.990. The van der Waals surface area contributed by atoms with Crippen LogP contribution in [0.1, 0.15) is 0 Å². The van der Waals surface area contributed by atoms with Gasteiger partial charge >= 0.3 is 0 Å². The molecular formula is C10H22O6. The molecule has 0 aromatic carbocycles. The molecule has 16 heavy (non-hydrogen) atoms. The highest BCUT2D eigenvalue weighted by Gasteiger charge is 2.09. The Labute approximate surface area is 99.0 Å². The van der Waals surface area contributed by atoms with E-state index >= 15 is 0 Å². The Morgan fingerprint density at radius 3 is 2.38 bits per heavy atom. The average Bonchev–Trinajstić information content (AvgIpc) is 2.39. The molecule has 2 N–H and O–H groups in total. The van der Waals surface area contributed by atoms with E-state index in [-0.39, 0.29) is 19.3 Å². The van der Waals surface area contributed by atoms with Crippen molar-refractivity contribution in [3.63, 3.8) is 0 Å². The van der Waals surface area contributed by atoms with Gasteiger partial charge in [0.2, 0.25) is 2.86 Å². The normalized spacial score (nSPS) is 14.6. The highest BCUT2D eigenvalue weighted by Crippen LogP contribution is 1.95. The maximum absolute atomic E-state index is 6.54. The van der Waals surface area contributed by atoms with Crippen molar-refractivity contribution in [2.45, 2.75) is 6.10 Å². The summed E-state index contributed by atoms with van der Waals surface area (Å²) in [5.41, 5.74) is 0. The van der Waals surface area contributed by atoms with Crippen molar-refractivity contribution in [3.05, 3.63) is 0 Å². The molecule has 0 aromatic heterocycles. The molecule has 0 heterocycles. The second-order valence-electron chi connectivity index (χ2n) is 3.04. The lowest BCUT2D eigenvalue weighted by Crippen LogP contribution is -2.28. The third-order valence-corrected chi connectivity index (χ3v) is 1.70. The topological polar surface area (TPSA) is 77.4 Å². The van der Waals surface area contributed by atoms with Crippen molar-refractivity contribution in [3.8, 4) is 0 Å². The molecular weight excluding hydrogens is 216 g/mol. The molecule has 0 rings (SSSR count). The van der Waals surface area contributed by atoms with Crippen molar-refractivity contribution in [2.75, 3.05) is 60.0 Å². The summed E-state index contributed by atoms with van der Waals surface area (Å²) in [6, 6.07) is 0. The van der Waals surface area contributed by atoms with Gasteiger partial charge in [0.1, 0.15) is 6.10 Å². The van der Waals surface area contributed by atoms with Gasteiger partial charge in [-0.3, -0.25) is 0 Å². The van der Waals surface area contributed by atoms with Gasteiger partial charge in [0.25, 0.3) is 0 Å². The van der Waals surface area contributed by atoms with Crippen LogP contribution in [0, 0.1) is 0 Å². The predicted molar refractivity (Wildman–Crippen MR) is 57.4 cm³/mol. The van der Waals surface area contributed by atoms with E-state index in [1.165, 1.54) is 0 Å². The lowest BCUT2D eigenvalue weighted by atomic mass is 10.4. The summed E-state index contributed by atoms with van der Waals surface area (Å²) in [5, 5.41) is 8.28. The summed E-state index contributed by atoms with van der Waals surface area (Å²) in [6.45, 7) is 2.78. The molecule has 1 unspecified atom stereocenters. The first-order valence-electron chi connectivity index (χ1n) is 6.09. The number of hydrogen-bond acceptors (Lipinski definition) is 6. The van der Waals surface area contributed by atoms with Crippen molar-refractivity contribution in [2.24, 2.45) is 0 Å². The highest BCUT2D eigenvalue weighted by molar-refractivity contribution is 4.55. The maximum Gasteiger partial charge on any atom is 0.210 e. The molecule has 0 aliphatic carbocycles. The number of rotatable bonds is 14. The summed E-state index contributed by atoms with van der Waals surface area (Å²) in [5.74, 6) is 0. The molecule has 0 radical (unpaired) electrons. The van der Waals surface area contributed by atoms with Crippen LogP contribution in [0.15, 0.2) is 0 Å². The van der Waals surface area contributed by atoms with Gasteiger partial charge in [-0.2, -0.15) is 0 Å². The summed E-state index contributed by atoms with van der Waals surface area (Å²) < 4.78 is 33.9. The zero-order chi connectivity index (χ0) is 13.5. The first-order chi connectivity index (χ1) is 8.85. The Morgan fingerprint density at radius 1 is 1.00 bits per heavy atom. The van der Waals surface area contributed by atoms with Gasteiger partial charge < -0.3 is 29.2 Å². The minimum atomic E-state index is -0.234. The quantitative estimate of drug-likeness (QED) is 0.382. The molecule has 0 saturated carbocycles. The largest absolute Gasteiger partial charge is 0.394 e. The van der Waals surface area contributed by atoms with Crippen molar-refractivity contribution < 1.29 is 29.2 Å². The fourth-order valence-corrected chi connectivity index (χ4v) is 0.990. The first kappa shape index (κ1) is 12.2. The van der Waals surface area contributed by atoms with Gasteiger partial charge in [-0.1, -0.05) is 0 Å². The molecule has 1 atom stereocenters. The van der Waals surface area contributed by atoms with E-state index in [4.69, 9.17) is 21.8 Å². The molecule has 6 nitrogen and oxygen atoms in total. The van der Waals surface area contributed by atoms with E-state index in [1.807, 2.05) is 0 Å². The Kier molecular flexibility index (Phi) is 9.80. The van der Waals surface area contributed by atoms with Crippen molar-refractivity contribution in [1.82, 2.24) is 0 Å². The molecule has 0 aliphatic heterocycles. The molecule has 0 spiro atoms. The molecule has 0 saturated heterocycles. The van der Waals surface area contributed by atoms with Crippen LogP contribution >= 0.6 is 0 Å². The average molecular weight is 242 g/mol. The Bertz CT molecular complexity index is 151. The van der Waals surface area contributed by atoms with Crippen LogP contribution in [0.3, 0.4) is 0 Å². The number of aliphatic hydroxyl groups excluding tert-OH is 2. The minimum Gasteiger partial charge on any atom is -0.394 e. The lowest BCUT2D eigenvalue weighted by molar-refractivity contribution is -0.0745. The number of hydrogen-bond donors (Lipinski definition) is 2. The number of methoxy groups -OCH3 is 1. The Hall–Kier alpha value is -0.240. The summed E-state index contributed by atoms with van der Waals surface area (Å²) in [7, 11) is 1.60. The summed E-state index contributed by atoms with van der Waals surface area (Å²) in [4.78, 5) is 0. The zero-order valence-electron chi connectivity index (χ0n) is 11.7. The van der Waals surface area contributed by atoms with Crippen LogP contribution in [-0.2, 0) is 18.9 Å². The third-order valence-electron chi connectivity index (χ3n) is 1.70. The second kappa shape index (κ2) is 12.8. The SMILES string of the molecule is [3H]OCCOCC(COCCOC)OCCO[3H]. The molecule has 6 heteroatoms. The second-order valence-corrected chi connectivity index (χ2v) is 3.04. The van der Waals surface area contributed by atoms with Gasteiger partial charge in [0.05, 0.1) is 52.9 Å². The molecule has 98 valence electrons. The van der Waals surface area contributed by atoms with Crippen LogP contribution in [0.2, 0.25) is 0 Å². The Morgan fingerprint density at radius 2 is 1.69 bits per heavy atom. The van der Waals surface area contributed by atoms with Crippen LogP contribution in [-0.4, -0.2) is 79.1 Å². The first-order valence-corrected chi connectivity index (χ1v) is 5.27. The van der Waals surface area contributed by atoms with E-state index in [0.717, 1.165) is 0 Å². The van der Waals surface area contributed by atoms with Gasteiger partial charge in [0.15, 0.2) is 0 Å². The van der Waals surface area contributed by atoms with Gasteiger partial charge in [0, 0.05) is 7.11 Å². The maximum atomic E-state index is 6.54. The van der Waals surface area contributed by atoms with Crippen LogP contribution in [0.4, 0.5) is 0 Å². The molecule has 0 aromatic rings. The fraction of sp³-hybridized carbons (Fsp3) is 1.00. The highest BCUT2D eigenvalue weighted by atomic mass is 16.6. The van der Waals surface area contributed by atoms with Crippen LogP contribution < -0.4 is 0 Å². The molecule has 0 fully saturated rings. The van der Waals surface area contributed by atoms with Crippen LogP contribution in [0.5, 0.6) is 0 Å². The predicted octanol–water partition coefficient (Wildman–Crippen LogP) is -0.964. The smallest absolute Gasteiger partial charge is 0.210 e. The van der Waals surface area contributed by atoms with E-state index in [0.29, 0.717) is 39.6 Å². The van der Waals surface area contributed by atoms with Gasteiger partial charge in [-0.15, -0.1) is 0 Å². The monoisotopic (exact) mass is 242 g/mol. The summed E-state index contributed by atoms with van der Waals surface area (Å²) in [6.07, 6.45) is -0.234. The Balaban J connectivity index is 3.62. The van der Waals surface area contributed by atoms with E-state index in [2.05, 4.69) is 10.2 Å². The van der Waals surface area contributed by atoms with Crippen LogP contribution in [0.25, 0.3) is 0 Å². The molecule has 0 bridgehead atoms. The summed E-state index contributed by atoms with van der Waals surface area (Å²) >= 11 is 0. The van der Waals surface area contributed by atoms with E-state index < -0.39 is 0 Å².